The van der Waals surface area contributed by atoms with Crippen LogP contribution in [0.5, 0.6) is 0 Å². The molecule has 2 saturated heterocycles. The van der Waals surface area contributed by atoms with E-state index >= 15 is 0 Å². The molecule has 3 rings (SSSR count). The Hall–Kier alpha value is -1.15. The molecule has 0 spiro atoms. The number of hydrogen-bond donors (Lipinski definition) is 2. The molecule has 2 unspecified atom stereocenters. The van der Waals surface area contributed by atoms with E-state index in [1.165, 1.54) is 24.4 Å². The molecule has 0 aromatic carbocycles. The van der Waals surface area contributed by atoms with Gasteiger partial charge in [-0.25, -0.2) is 0 Å². The predicted octanol–water partition coefficient (Wildman–Crippen LogP) is 1.63. The van der Waals surface area contributed by atoms with Gasteiger partial charge in [-0.2, -0.15) is 0 Å². The Bertz CT molecular complexity index is 544. The molecule has 2 aliphatic rings. The first kappa shape index (κ1) is 19.6. The molecule has 0 bridgehead atoms. The molecule has 1 aromatic rings. The number of guanidine groups is 1. The summed E-state index contributed by atoms with van der Waals surface area (Å²) in [7, 11) is 1.86. The Balaban J connectivity index is 1.50. The lowest BCUT2D eigenvalue weighted by Crippen LogP contribution is -2.46. The Morgan fingerprint density at radius 1 is 1.35 bits per heavy atom. The highest BCUT2D eigenvalue weighted by Crippen LogP contribution is 2.25. The molecular weight excluding hydrogens is 346 g/mol. The van der Waals surface area contributed by atoms with Gasteiger partial charge in [0.05, 0.1) is 19.3 Å². The van der Waals surface area contributed by atoms with Crippen LogP contribution in [0.15, 0.2) is 22.5 Å². The summed E-state index contributed by atoms with van der Waals surface area (Å²) in [4.78, 5) is 10.9. The first-order valence-corrected chi connectivity index (χ1v) is 10.7. The van der Waals surface area contributed by atoms with Gasteiger partial charge in [-0.05, 0) is 36.9 Å². The Morgan fingerprint density at radius 3 is 2.85 bits per heavy atom. The molecule has 2 N–H and O–H groups in total. The van der Waals surface area contributed by atoms with Crippen molar-refractivity contribution in [1.29, 1.82) is 0 Å². The highest BCUT2D eigenvalue weighted by molar-refractivity contribution is 7.10. The molecule has 6 nitrogen and oxygen atoms in total. The van der Waals surface area contributed by atoms with Gasteiger partial charge in [0, 0.05) is 44.6 Å². The van der Waals surface area contributed by atoms with Crippen LogP contribution in [0.25, 0.3) is 0 Å². The zero-order valence-electron chi connectivity index (χ0n) is 16.1. The van der Waals surface area contributed by atoms with Crippen LogP contribution < -0.4 is 10.6 Å². The lowest BCUT2D eigenvalue weighted by Gasteiger charge is -2.34. The summed E-state index contributed by atoms with van der Waals surface area (Å²) in [5, 5.41) is 9.25. The van der Waals surface area contributed by atoms with E-state index in [1.54, 1.807) is 0 Å². The third-order valence-corrected chi connectivity index (χ3v) is 6.39. The van der Waals surface area contributed by atoms with Gasteiger partial charge in [0.25, 0.3) is 0 Å². The molecule has 0 saturated carbocycles. The maximum atomic E-state index is 5.53. The molecule has 2 fully saturated rings. The van der Waals surface area contributed by atoms with E-state index in [0.717, 1.165) is 57.8 Å². The summed E-state index contributed by atoms with van der Waals surface area (Å²) in [6, 6.07) is 4.75. The van der Waals surface area contributed by atoms with Crippen molar-refractivity contribution in [1.82, 2.24) is 20.4 Å². The second-order valence-corrected chi connectivity index (χ2v) is 8.04. The zero-order chi connectivity index (χ0) is 18.2. The summed E-state index contributed by atoms with van der Waals surface area (Å²) in [5.74, 6) is 1.63. The maximum absolute atomic E-state index is 5.53. The van der Waals surface area contributed by atoms with Crippen molar-refractivity contribution in [2.45, 2.75) is 19.4 Å². The van der Waals surface area contributed by atoms with E-state index in [1.807, 2.05) is 18.4 Å². The van der Waals surface area contributed by atoms with E-state index in [2.05, 4.69) is 49.9 Å². The first-order chi connectivity index (χ1) is 12.8. The van der Waals surface area contributed by atoms with Gasteiger partial charge < -0.3 is 20.3 Å². The van der Waals surface area contributed by atoms with Crippen molar-refractivity contribution in [3.05, 3.63) is 22.4 Å². The number of thiophene rings is 1. The summed E-state index contributed by atoms with van der Waals surface area (Å²) in [6.07, 6.45) is 1.28. The average Bonchev–Trinajstić information content (AvgIpc) is 3.37. The molecule has 1 aromatic heterocycles. The van der Waals surface area contributed by atoms with Crippen molar-refractivity contribution >= 4 is 17.3 Å². The molecule has 2 atom stereocenters. The second kappa shape index (κ2) is 10.3. The van der Waals surface area contributed by atoms with Gasteiger partial charge in [-0.3, -0.25) is 9.89 Å². The van der Waals surface area contributed by atoms with Crippen molar-refractivity contribution < 1.29 is 4.74 Å². The van der Waals surface area contributed by atoms with Crippen LogP contribution in [-0.4, -0.2) is 81.8 Å². The highest BCUT2D eigenvalue weighted by Gasteiger charge is 2.24. The Kier molecular flexibility index (Phi) is 7.73. The normalized spacial score (nSPS) is 23.9. The van der Waals surface area contributed by atoms with Gasteiger partial charge in [-0.15, -0.1) is 11.3 Å². The number of hydrogen-bond acceptors (Lipinski definition) is 5. The minimum atomic E-state index is 0.375. The number of nitrogens with one attached hydrogen (secondary N) is 2. The monoisotopic (exact) mass is 379 g/mol. The number of rotatable bonds is 7. The standard InChI is InChI=1S/C19H33N5OS/c1-3-23-7-6-16(15-23)13-21-19(20-2)22-14-17(18-5-4-12-26-18)24-8-10-25-11-9-24/h4-5,12,16-17H,3,6-11,13-15H2,1-2H3,(H2,20,21,22). The SMILES string of the molecule is CCN1CCC(CNC(=NC)NCC(c2cccs2)N2CCOCC2)C1. The molecule has 146 valence electrons. The molecule has 26 heavy (non-hydrogen) atoms. The second-order valence-electron chi connectivity index (χ2n) is 7.06. The molecule has 3 heterocycles. The summed E-state index contributed by atoms with van der Waals surface area (Å²) >= 11 is 1.83. The lowest BCUT2D eigenvalue weighted by molar-refractivity contribution is 0.0177. The molecule has 0 amide bonds. The molecular formula is C19H33N5OS. The van der Waals surface area contributed by atoms with E-state index in [-0.39, 0.29) is 0 Å². The predicted molar refractivity (Wildman–Crippen MR) is 109 cm³/mol. The lowest BCUT2D eigenvalue weighted by atomic mass is 10.1. The summed E-state index contributed by atoms with van der Waals surface area (Å²) < 4.78 is 5.53. The van der Waals surface area contributed by atoms with Crippen molar-refractivity contribution in [3.8, 4) is 0 Å². The summed E-state index contributed by atoms with van der Waals surface area (Å²) in [6.45, 7) is 11.3. The fourth-order valence-corrected chi connectivity index (χ4v) is 4.66. The van der Waals surface area contributed by atoms with Gasteiger partial charge >= 0.3 is 0 Å². The van der Waals surface area contributed by atoms with Crippen LogP contribution in [0.3, 0.4) is 0 Å². The zero-order valence-corrected chi connectivity index (χ0v) is 16.9. The number of likely N-dealkylation sites (tertiary alicyclic amines) is 1. The highest BCUT2D eigenvalue weighted by atomic mass is 32.1. The number of morpholine rings is 1. The van der Waals surface area contributed by atoms with Crippen LogP contribution >= 0.6 is 11.3 Å². The maximum Gasteiger partial charge on any atom is 0.191 e. The minimum Gasteiger partial charge on any atom is -0.379 e. The van der Waals surface area contributed by atoms with Gasteiger partial charge in [-0.1, -0.05) is 13.0 Å². The number of nitrogens with zero attached hydrogens (tertiary/aromatic N) is 3. The van der Waals surface area contributed by atoms with Crippen LogP contribution in [0, 0.1) is 5.92 Å². The smallest absolute Gasteiger partial charge is 0.191 e. The van der Waals surface area contributed by atoms with E-state index < -0.39 is 0 Å². The van der Waals surface area contributed by atoms with Gasteiger partial charge in [0.15, 0.2) is 5.96 Å². The molecule has 7 heteroatoms. The van der Waals surface area contributed by atoms with Crippen LogP contribution in [0.1, 0.15) is 24.3 Å². The number of ether oxygens (including phenoxy) is 1. The van der Waals surface area contributed by atoms with Gasteiger partial charge in [0.1, 0.15) is 0 Å². The quantitative estimate of drug-likeness (QED) is 0.557. The third kappa shape index (κ3) is 5.42. The van der Waals surface area contributed by atoms with Crippen molar-refractivity contribution in [2.24, 2.45) is 10.9 Å². The largest absolute Gasteiger partial charge is 0.379 e. The Morgan fingerprint density at radius 2 is 2.19 bits per heavy atom. The van der Waals surface area contributed by atoms with Crippen LogP contribution in [0.2, 0.25) is 0 Å². The van der Waals surface area contributed by atoms with E-state index in [4.69, 9.17) is 4.74 Å². The summed E-state index contributed by atoms with van der Waals surface area (Å²) in [5.41, 5.74) is 0. The number of aliphatic imine (C=N–C) groups is 1. The topological polar surface area (TPSA) is 52.1 Å². The molecule has 0 aliphatic carbocycles. The minimum absolute atomic E-state index is 0.375. The molecule has 0 radical (unpaired) electrons. The fourth-order valence-electron chi connectivity index (χ4n) is 3.80. The van der Waals surface area contributed by atoms with E-state index in [0.29, 0.717) is 6.04 Å². The Labute approximate surface area is 161 Å². The van der Waals surface area contributed by atoms with E-state index in [9.17, 15) is 0 Å². The third-order valence-electron chi connectivity index (χ3n) is 5.42. The molecule has 2 aliphatic heterocycles. The van der Waals surface area contributed by atoms with Crippen LogP contribution in [-0.2, 0) is 4.74 Å². The first-order valence-electron chi connectivity index (χ1n) is 9.82. The average molecular weight is 380 g/mol. The van der Waals surface area contributed by atoms with Crippen molar-refractivity contribution in [3.63, 3.8) is 0 Å². The van der Waals surface area contributed by atoms with Gasteiger partial charge in [0.2, 0.25) is 0 Å². The van der Waals surface area contributed by atoms with Crippen LogP contribution in [0.4, 0.5) is 0 Å². The fraction of sp³-hybridized carbons (Fsp3) is 0.737. The van der Waals surface area contributed by atoms with Crippen molar-refractivity contribution in [2.75, 3.05) is 66.1 Å².